The van der Waals surface area contributed by atoms with Crippen molar-refractivity contribution < 1.29 is 23.1 Å². The van der Waals surface area contributed by atoms with Gasteiger partial charge in [-0.05, 0) is 94.4 Å². The summed E-state index contributed by atoms with van der Waals surface area (Å²) in [5.74, 6) is -0.406. The molecule has 2 aromatic carbocycles. The van der Waals surface area contributed by atoms with Gasteiger partial charge in [-0.1, -0.05) is 39.8 Å². The number of fused-ring (bicyclic) bond motifs is 1. The fourth-order valence-electron chi connectivity index (χ4n) is 4.71. The first-order valence-electron chi connectivity index (χ1n) is 11.3. The highest BCUT2D eigenvalue weighted by Gasteiger charge is 2.38. The van der Waals surface area contributed by atoms with Crippen molar-refractivity contribution in [1.29, 1.82) is 0 Å². The summed E-state index contributed by atoms with van der Waals surface area (Å²) in [6, 6.07) is 9.12. The molecule has 0 bridgehead atoms. The fourth-order valence-corrected chi connectivity index (χ4v) is 5.40. The molecule has 0 atom stereocenters. The van der Waals surface area contributed by atoms with Crippen LogP contribution >= 0.6 is 11.8 Å². The van der Waals surface area contributed by atoms with Gasteiger partial charge in [-0.3, -0.25) is 14.9 Å². The van der Waals surface area contributed by atoms with Gasteiger partial charge in [-0.15, -0.1) is 0 Å². The molecule has 0 aromatic heterocycles. The molecule has 2 amide bonds. The van der Waals surface area contributed by atoms with E-state index in [4.69, 9.17) is 4.74 Å². The van der Waals surface area contributed by atoms with Crippen LogP contribution in [0.2, 0.25) is 0 Å². The van der Waals surface area contributed by atoms with E-state index in [1.165, 1.54) is 17.2 Å². The van der Waals surface area contributed by atoms with Crippen molar-refractivity contribution in [3.05, 3.63) is 57.5 Å². The Morgan fingerprint density at radius 3 is 2.18 bits per heavy atom. The molecule has 1 N–H and O–H groups in total. The third kappa shape index (κ3) is 4.76. The molecule has 1 fully saturated rings. The lowest BCUT2D eigenvalue weighted by molar-refractivity contribution is -0.158. The minimum atomic E-state index is -3.36. The van der Waals surface area contributed by atoms with Gasteiger partial charge < -0.3 is 4.74 Å². The van der Waals surface area contributed by atoms with E-state index in [0.29, 0.717) is 18.1 Å². The number of imide groups is 1. The zero-order valence-corrected chi connectivity index (χ0v) is 21.1. The van der Waals surface area contributed by atoms with E-state index in [9.17, 15) is 18.4 Å². The smallest absolute Gasteiger partial charge is 0.394 e. The molecule has 2 aliphatic rings. The standard InChI is InChI=1S/C27H29F2NO3S/c1-15-11-19-20(26(4,5)10-9-25(19,2)3)14-17(15)18-12-16(7-8-21(18)33-27(6,28)29)13-22-23(31)30-24(32)34-22/h7-8,11-14H,9-10H2,1-6H3,(H,30,31,32)/b22-13-. The van der Waals surface area contributed by atoms with Crippen molar-refractivity contribution in [1.82, 2.24) is 5.32 Å². The molecule has 1 saturated heterocycles. The van der Waals surface area contributed by atoms with Crippen molar-refractivity contribution in [2.75, 3.05) is 0 Å². The number of amides is 2. The van der Waals surface area contributed by atoms with Gasteiger partial charge in [0, 0.05) is 12.5 Å². The van der Waals surface area contributed by atoms with Crippen molar-refractivity contribution in [3.8, 4) is 16.9 Å². The van der Waals surface area contributed by atoms with Crippen molar-refractivity contribution in [2.45, 2.75) is 71.3 Å². The van der Waals surface area contributed by atoms with E-state index in [2.05, 4.69) is 45.1 Å². The van der Waals surface area contributed by atoms with Gasteiger partial charge in [0.05, 0.1) is 4.91 Å². The number of alkyl halides is 2. The number of hydrogen-bond acceptors (Lipinski definition) is 4. The highest BCUT2D eigenvalue weighted by molar-refractivity contribution is 8.18. The fraction of sp³-hybridized carbons (Fsp3) is 0.407. The summed E-state index contributed by atoms with van der Waals surface area (Å²) < 4.78 is 32.8. The van der Waals surface area contributed by atoms with Crippen LogP contribution in [0.1, 0.15) is 69.7 Å². The summed E-state index contributed by atoms with van der Waals surface area (Å²) >= 11 is 0.816. The van der Waals surface area contributed by atoms with Crippen molar-refractivity contribution in [3.63, 3.8) is 0 Å². The predicted octanol–water partition coefficient (Wildman–Crippen LogP) is 7.33. The molecule has 0 saturated carbocycles. The predicted molar refractivity (Wildman–Crippen MR) is 132 cm³/mol. The van der Waals surface area contributed by atoms with Crippen LogP contribution in [0.25, 0.3) is 17.2 Å². The highest BCUT2D eigenvalue weighted by atomic mass is 32.2. The van der Waals surface area contributed by atoms with Crippen LogP contribution in [-0.4, -0.2) is 17.3 Å². The quantitative estimate of drug-likeness (QED) is 0.461. The average molecular weight is 486 g/mol. The normalized spacial score (nSPS) is 20.3. The zero-order valence-electron chi connectivity index (χ0n) is 20.3. The Labute approximate surface area is 203 Å². The van der Waals surface area contributed by atoms with Crippen LogP contribution in [0, 0.1) is 6.92 Å². The van der Waals surface area contributed by atoms with Crippen LogP contribution in [0.3, 0.4) is 0 Å². The molecule has 34 heavy (non-hydrogen) atoms. The van der Waals surface area contributed by atoms with E-state index in [0.717, 1.165) is 35.7 Å². The van der Waals surface area contributed by atoms with Crippen LogP contribution in [-0.2, 0) is 15.6 Å². The molecule has 0 unspecified atom stereocenters. The first kappa shape index (κ1) is 24.5. The number of halogens is 2. The molecule has 4 rings (SSSR count). The Morgan fingerprint density at radius 1 is 1.00 bits per heavy atom. The number of ether oxygens (including phenoxy) is 1. The Kier molecular flexibility index (Phi) is 5.91. The lowest BCUT2D eigenvalue weighted by Gasteiger charge is -2.42. The molecule has 2 aromatic rings. The second-order valence-electron chi connectivity index (χ2n) is 10.5. The molecular weight excluding hydrogens is 456 g/mol. The number of hydrogen-bond donors (Lipinski definition) is 1. The molecule has 180 valence electrons. The minimum absolute atomic E-state index is 0.0236. The summed E-state index contributed by atoms with van der Waals surface area (Å²) in [6.45, 7) is 11.6. The topological polar surface area (TPSA) is 55.4 Å². The van der Waals surface area contributed by atoms with Crippen LogP contribution in [0.5, 0.6) is 5.75 Å². The number of aryl methyl sites for hydroxylation is 1. The Bertz CT molecular complexity index is 1230. The van der Waals surface area contributed by atoms with Crippen molar-refractivity contribution >= 4 is 29.0 Å². The Balaban J connectivity index is 1.91. The van der Waals surface area contributed by atoms with Gasteiger partial charge in [-0.2, -0.15) is 8.78 Å². The first-order valence-corrected chi connectivity index (χ1v) is 12.1. The van der Waals surface area contributed by atoms with E-state index in [-0.39, 0.29) is 21.5 Å². The van der Waals surface area contributed by atoms with Crippen molar-refractivity contribution in [2.24, 2.45) is 0 Å². The van der Waals surface area contributed by atoms with Crippen LogP contribution in [0.15, 0.2) is 35.2 Å². The first-order chi connectivity index (χ1) is 15.7. The molecule has 7 heteroatoms. The van der Waals surface area contributed by atoms with Crippen LogP contribution in [0.4, 0.5) is 13.6 Å². The summed E-state index contributed by atoms with van der Waals surface area (Å²) in [5.41, 5.74) is 5.36. The number of carbonyl (C=O) groups is 2. The summed E-state index contributed by atoms with van der Waals surface area (Å²) in [7, 11) is 0. The van der Waals surface area contributed by atoms with E-state index >= 15 is 0 Å². The average Bonchev–Trinajstić information content (AvgIpc) is 3.02. The van der Waals surface area contributed by atoms with E-state index in [1.807, 2.05) is 6.92 Å². The maximum atomic E-state index is 13.9. The minimum Gasteiger partial charge on any atom is -0.432 e. The van der Waals surface area contributed by atoms with Gasteiger partial charge >= 0.3 is 6.11 Å². The van der Waals surface area contributed by atoms with Crippen LogP contribution < -0.4 is 10.1 Å². The maximum absolute atomic E-state index is 13.9. The van der Waals surface area contributed by atoms with Gasteiger partial charge in [0.1, 0.15) is 5.75 Å². The third-order valence-corrected chi connectivity index (χ3v) is 7.53. The number of rotatable bonds is 4. The monoisotopic (exact) mass is 485 g/mol. The molecule has 0 spiro atoms. The second kappa shape index (κ2) is 8.22. The lowest BCUT2D eigenvalue weighted by atomic mass is 9.62. The highest BCUT2D eigenvalue weighted by Crippen LogP contribution is 2.48. The number of thioether (sulfide) groups is 1. The number of carbonyl (C=O) groups excluding carboxylic acids is 2. The maximum Gasteiger partial charge on any atom is 0.394 e. The third-order valence-electron chi connectivity index (χ3n) is 6.72. The second-order valence-corrected chi connectivity index (χ2v) is 11.5. The van der Waals surface area contributed by atoms with Gasteiger partial charge in [-0.25, -0.2) is 0 Å². The summed E-state index contributed by atoms with van der Waals surface area (Å²) in [4.78, 5) is 23.8. The molecular formula is C27H29F2NO3S. The largest absolute Gasteiger partial charge is 0.432 e. The number of nitrogens with one attached hydrogen (secondary N) is 1. The summed E-state index contributed by atoms with van der Waals surface area (Å²) in [5, 5.41) is 1.80. The van der Waals surface area contributed by atoms with E-state index < -0.39 is 17.3 Å². The molecule has 1 aliphatic heterocycles. The Morgan fingerprint density at radius 2 is 1.62 bits per heavy atom. The molecule has 0 radical (unpaired) electrons. The number of benzene rings is 2. The SMILES string of the molecule is Cc1cc2c(cc1-c1cc(/C=C3\SC(=O)NC3=O)ccc1OC(C)(F)F)C(C)(C)CCC2(C)C. The summed E-state index contributed by atoms with van der Waals surface area (Å²) in [6.07, 6.45) is 0.330. The molecule has 1 heterocycles. The van der Waals surface area contributed by atoms with Gasteiger partial charge in [0.2, 0.25) is 0 Å². The molecule has 4 nitrogen and oxygen atoms in total. The Hall–Kier alpha value is -2.67. The van der Waals surface area contributed by atoms with E-state index in [1.54, 1.807) is 18.2 Å². The lowest BCUT2D eigenvalue weighted by Crippen LogP contribution is -2.34. The molecule has 1 aliphatic carbocycles. The van der Waals surface area contributed by atoms with Gasteiger partial charge in [0.15, 0.2) is 0 Å². The zero-order chi connectivity index (χ0) is 25.1. The van der Waals surface area contributed by atoms with Gasteiger partial charge in [0.25, 0.3) is 11.1 Å².